The van der Waals surface area contributed by atoms with E-state index in [-0.39, 0.29) is 28.4 Å². The van der Waals surface area contributed by atoms with Crippen molar-refractivity contribution in [3.05, 3.63) is 112 Å². The van der Waals surface area contributed by atoms with Crippen LogP contribution in [0.3, 0.4) is 0 Å². The summed E-state index contributed by atoms with van der Waals surface area (Å²) >= 11 is 1.93. The van der Waals surface area contributed by atoms with Crippen LogP contribution in [0.25, 0.3) is 10.1 Å². The number of anilines is 6. The summed E-state index contributed by atoms with van der Waals surface area (Å²) in [7, 11) is 0. The summed E-state index contributed by atoms with van der Waals surface area (Å²) < 4.78 is 14.0. The minimum atomic E-state index is -0.107. The van der Waals surface area contributed by atoms with Crippen LogP contribution in [0.4, 0.5) is 33.4 Å². The highest BCUT2D eigenvalue weighted by molar-refractivity contribution is 7.26. The SMILES string of the molecule is Cc1cc2c(c(C)c1N1c3cc(C(C)(C)C)cc4c3B(c3cc(C(C)(C)C)ccc3N4c3ccc(C(C)(C)C)cc3)c3c1sc1ccc(C(C)(C)C)cc31)OCCO2. The second kappa shape index (κ2) is 12.9. The molecule has 9 rings (SSSR count). The highest BCUT2D eigenvalue weighted by Gasteiger charge is 2.47. The standard InChI is InChI=1S/C52H59BN2O2S/c1-30-25-42-47(57-24-23-56-42)31(2)46(30)55-41-29-35(52(12,13)14)28-40-45(41)53(44-37-26-33(50(6,7)8)18-22-43(37)58-48(44)55)38-27-34(51(9,10)11)17-21-39(38)54(40)36-19-15-32(16-20-36)49(3,4)5/h15-22,25-29H,23-24H2,1-14H3. The number of benzene rings is 5. The monoisotopic (exact) mass is 786 g/mol. The Balaban J connectivity index is 1.45. The minimum Gasteiger partial charge on any atom is -0.486 e. The van der Waals surface area contributed by atoms with Crippen LogP contribution in [0.5, 0.6) is 11.5 Å². The van der Waals surface area contributed by atoms with E-state index in [0.717, 1.165) is 17.1 Å². The predicted octanol–water partition coefficient (Wildman–Crippen LogP) is 12.6. The fourth-order valence-electron chi connectivity index (χ4n) is 9.34. The van der Waals surface area contributed by atoms with Gasteiger partial charge in [0.25, 0.3) is 6.71 Å². The third kappa shape index (κ3) is 6.07. The summed E-state index contributed by atoms with van der Waals surface area (Å²) in [6, 6.07) is 31.1. The second-order valence-corrected chi connectivity index (χ2v) is 22.1. The molecule has 298 valence electrons. The second-order valence-electron chi connectivity index (χ2n) is 21.1. The van der Waals surface area contributed by atoms with Crippen molar-refractivity contribution in [1.29, 1.82) is 0 Å². The molecule has 3 aliphatic rings. The molecular weight excluding hydrogens is 727 g/mol. The Bertz CT molecular complexity index is 2640. The number of rotatable bonds is 2. The van der Waals surface area contributed by atoms with Crippen LogP contribution in [0.15, 0.2) is 78.9 Å². The Morgan fingerprint density at radius 3 is 1.76 bits per heavy atom. The van der Waals surface area contributed by atoms with Crippen molar-refractivity contribution in [3.63, 3.8) is 0 Å². The predicted molar refractivity (Wildman–Crippen MR) is 251 cm³/mol. The first-order chi connectivity index (χ1) is 27.1. The number of thiophene rings is 1. The van der Waals surface area contributed by atoms with Gasteiger partial charge >= 0.3 is 0 Å². The molecule has 0 fully saturated rings. The van der Waals surface area contributed by atoms with E-state index in [1.807, 2.05) is 11.3 Å². The molecule has 1 aromatic heterocycles. The first kappa shape index (κ1) is 38.8. The van der Waals surface area contributed by atoms with Gasteiger partial charge < -0.3 is 19.3 Å². The fourth-order valence-corrected chi connectivity index (χ4v) is 10.6. The molecule has 0 saturated carbocycles. The lowest BCUT2D eigenvalue weighted by Gasteiger charge is -2.45. The lowest BCUT2D eigenvalue weighted by atomic mass is 9.33. The van der Waals surface area contributed by atoms with Crippen LogP contribution in [0.1, 0.15) is 116 Å². The van der Waals surface area contributed by atoms with Gasteiger partial charge in [0, 0.05) is 33.0 Å². The maximum absolute atomic E-state index is 6.43. The molecule has 0 N–H and O–H groups in total. The first-order valence-corrected chi connectivity index (χ1v) is 21.9. The number of aryl methyl sites for hydroxylation is 1. The number of hydrogen-bond donors (Lipinski definition) is 0. The van der Waals surface area contributed by atoms with Gasteiger partial charge in [-0.15, -0.1) is 11.3 Å². The van der Waals surface area contributed by atoms with E-state index in [0.29, 0.717) is 13.2 Å². The molecule has 3 aliphatic heterocycles. The van der Waals surface area contributed by atoms with Gasteiger partial charge in [0.1, 0.15) is 13.2 Å². The fraction of sp³-hybridized carbons (Fsp3) is 0.385. The van der Waals surface area contributed by atoms with Crippen LogP contribution in [0, 0.1) is 13.8 Å². The molecule has 0 aliphatic carbocycles. The van der Waals surface area contributed by atoms with Crippen molar-refractivity contribution in [2.75, 3.05) is 23.0 Å². The topological polar surface area (TPSA) is 24.9 Å². The molecule has 0 amide bonds. The Morgan fingerprint density at radius 2 is 1.12 bits per heavy atom. The van der Waals surface area contributed by atoms with Gasteiger partial charge in [0.2, 0.25) is 0 Å². The summed E-state index contributed by atoms with van der Waals surface area (Å²) in [5, 5.41) is 2.63. The van der Waals surface area contributed by atoms with Gasteiger partial charge in [-0.1, -0.05) is 119 Å². The molecule has 4 heterocycles. The third-order valence-electron chi connectivity index (χ3n) is 12.7. The summed E-state index contributed by atoms with van der Waals surface area (Å²) in [5.74, 6) is 1.69. The highest BCUT2D eigenvalue weighted by atomic mass is 32.1. The van der Waals surface area contributed by atoms with Crippen LogP contribution in [-0.2, 0) is 21.7 Å². The quantitative estimate of drug-likeness (QED) is 0.163. The molecule has 0 saturated heterocycles. The van der Waals surface area contributed by atoms with Crippen molar-refractivity contribution < 1.29 is 9.47 Å². The Kier molecular flexibility index (Phi) is 8.64. The number of ether oxygens (including phenoxy) is 2. The van der Waals surface area contributed by atoms with E-state index < -0.39 is 0 Å². The molecule has 4 nitrogen and oxygen atoms in total. The smallest absolute Gasteiger partial charge is 0.254 e. The number of nitrogens with zero attached hydrogens (tertiary/aromatic N) is 2. The summed E-state index contributed by atoms with van der Waals surface area (Å²) in [5.41, 5.74) is 17.8. The molecule has 0 radical (unpaired) electrons. The normalized spacial score (nSPS) is 15.1. The minimum absolute atomic E-state index is 0.00490. The zero-order chi connectivity index (χ0) is 41.4. The van der Waals surface area contributed by atoms with Gasteiger partial charge in [0.05, 0.1) is 10.7 Å². The average Bonchev–Trinajstić information content (AvgIpc) is 3.52. The molecule has 0 atom stereocenters. The van der Waals surface area contributed by atoms with E-state index >= 15 is 0 Å². The molecule has 0 bridgehead atoms. The van der Waals surface area contributed by atoms with Gasteiger partial charge in [-0.25, -0.2) is 0 Å². The Labute approximate surface area is 351 Å². The van der Waals surface area contributed by atoms with E-state index in [9.17, 15) is 0 Å². The largest absolute Gasteiger partial charge is 0.486 e. The van der Waals surface area contributed by atoms with Crippen LogP contribution in [-0.4, -0.2) is 19.9 Å². The molecule has 5 aromatic carbocycles. The number of hydrogen-bond acceptors (Lipinski definition) is 5. The molecule has 0 unspecified atom stereocenters. The van der Waals surface area contributed by atoms with Crippen molar-refractivity contribution in [1.82, 2.24) is 0 Å². The van der Waals surface area contributed by atoms with Gasteiger partial charge in [0.15, 0.2) is 11.5 Å². The van der Waals surface area contributed by atoms with Crippen LogP contribution >= 0.6 is 11.3 Å². The van der Waals surface area contributed by atoms with E-state index in [1.165, 1.54) is 87.7 Å². The van der Waals surface area contributed by atoms with E-state index in [4.69, 9.17) is 9.47 Å². The maximum atomic E-state index is 6.43. The molecule has 6 heteroatoms. The van der Waals surface area contributed by atoms with Crippen LogP contribution in [0.2, 0.25) is 0 Å². The zero-order valence-electron chi connectivity index (χ0n) is 37.1. The lowest BCUT2D eigenvalue weighted by molar-refractivity contribution is 0.170. The highest BCUT2D eigenvalue weighted by Crippen LogP contribution is 2.53. The van der Waals surface area contributed by atoms with E-state index in [1.54, 1.807) is 0 Å². The summed E-state index contributed by atoms with van der Waals surface area (Å²) in [4.78, 5) is 5.18. The Morgan fingerprint density at radius 1 is 0.552 bits per heavy atom. The van der Waals surface area contributed by atoms with Crippen molar-refractivity contribution >= 4 is 78.0 Å². The van der Waals surface area contributed by atoms with Crippen molar-refractivity contribution in [2.24, 2.45) is 0 Å². The van der Waals surface area contributed by atoms with E-state index in [2.05, 4.69) is 186 Å². The first-order valence-electron chi connectivity index (χ1n) is 21.1. The molecule has 6 aromatic rings. The molecule has 58 heavy (non-hydrogen) atoms. The van der Waals surface area contributed by atoms with Crippen molar-refractivity contribution in [2.45, 2.75) is 119 Å². The summed E-state index contributed by atoms with van der Waals surface area (Å²) in [6.07, 6.45) is 0. The van der Waals surface area contributed by atoms with Gasteiger partial charge in [-0.2, -0.15) is 0 Å². The number of fused-ring (bicyclic) bond motifs is 7. The summed E-state index contributed by atoms with van der Waals surface area (Å²) in [6.45, 7) is 33.5. The van der Waals surface area contributed by atoms with Crippen molar-refractivity contribution in [3.8, 4) is 11.5 Å². The molecule has 0 spiro atoms. The van der Waals surface area contributed by atoms with Gasteiger partial charge in [-0.05, 0) is 128 Å². The third-order valence-corrected chi connectivity index (χ3v) is 13.9. The lowest BCUT2D eigenvalue weighted by Crippen LogP contribution is -2.61. The van der Waals surface area contributed by atoms with Gasteiger partial charge in [-0.3, -0.25) is 0 Å². The van der Waals surface area contributed by atoms with Crippen LogP contribution < -0.4 is 35.7 Å². The molecular formula is C52H59BN2O2S. The maximum Gasteiger partial charge on any atom is 0.254 e. The average molecular weight is 787 g/mol. The zero-order valence-corrected chi connectivity index (χ0v) is 37.9. The Hall–Kier alpha value is -4.68.